The Labute approximate surface area is 207 Å². The van der Waals surface area contributed by atoms with Gasteiger partial charge in [0.1, 0.15) is 18.1 Å². The van der Waals surface area contributed by atoms with E-state index in [-0.39, 0.29) is 24.0 Å². The third-order valence-electron chi connectivity index (χ3n) is 5.53. The Kier molecular flexibility index (Phi) is 10.8. The van der Waals surface area contributed by atoms with Crippen LogP contribution in [0.1, 0.15) is 31.4 Å². The van der Waals surface area contributed by atoms with Gasteiger partial charge >= 0.3 is 5.97 Å². The van der Waals surface area contributed by atoms with E-state index in [1.54, 1.807) is 0 Å². The van der Waals surface area contributed by atoms with Gasteiger partial charge < -0.3 is 42.8 Å². The number of likely N-dealkylation sites (tertiary alicyclic amines) is 1. The van der Waals surface area contributed by atoms with Gasteiger partial charge in [-0.25, -0.2) is 9.78 Å². The molecule has 1 saturated heterocycles. The van der Waals surface area contributed by atoms with Crippen LogP contribution in [0.3, 0.4) is 0 Å². The van der Waals surface area contributed by atoms with Crippen molar-refractivity contribution in [3.63, 3.8) is 0 Å². The highest BCUT2D eigenvalue weighted by Crippen LogP contribution is 2.19. The number of aromatic nitrogens is 2. The number of nitrogens with two attached hydrogens (primary N) is 3. The van der Waals surface area contributed by atoms with Crippen molar-refractivity contribution in [1.82, 2.24) is 25.5 Å². The summed E-state index contributed by atoms with van der Waals surface area (Å²) >= 11 is 3.95. The number of aliphatic imine (C=N–C) groups is 1. The van der Waals surface area contributed by atoms with E-state index in [0.29, 0.717) is 44.5 Å². The molecule has 14 nitrogen and oxygen atoms in total. The predicted octanol–water partition coefficient (Wildman–Crippen LogP) is -2.69. The lowest BCUT2D eigenvalue weighted by molar-refractivity contribution is -0.142. The molecule has 0 spiro atoms. The molecule has 194 valence electrons. The number of imidazole rings is 1. The lowest BCUT2D eigenvalue weighted by atomic mass is 10.1. The second-order valence-electron chi connectivity index (χ2n) is 8.17. The summed E-state index contributed by atoms with van der Waals surface area (Å²) in [5.74, 6) is -3.01. The van der Waals surface area contributed by atoms with Crippen molar-refractivity contribution in [2.24, 2.45) is 22.2 Å². The summed E-state index contributed by atoms with van der Waals surface area (Å²) in [4.78, 5) is 62.2. The van der Waals surface area contributed by atoms with E-state index >= 15 is 0 Å². The number of aliphatic carboxylic acids is 1. The predicted molar refractivity (Wildman–Crippen MR) is 130 cm³/mol. The van der Waals surface area contributed by atoms with Crippen LogP contribution in [0.15, 0.2) is 17.5 Å². The molecule has 0 aliphatic carbocycles. The smallest absolute Gasteiger partial charge is 0.327 e. The molecule has 1 aromatic heterocycles. The normalized spacial score (nSPS) is 17.8. The quantitative estimate of drug-likeness (QED) is 0.0594. The summed E-state index contributed by atoms with van der Waals surface area (Å²) in [6.45, 7) is 0.692. The number of amides is 3. The zero-order chi connectivity index (χ0) is 26.0. The highest BCUT2D eigenvalue weighted by molar-refractivity contribution is 7.80. The van der Waals surface area contributed by atoms with Crippen LogP contribution in [0.25, 0.3) is 0 Å². The number of hydrogen-bond donors (Lipinski definition) is 8. The number of guanidine groups is 1. The molecular weight excluding hydrogens is 478 g/mol. The van der Waals surface area contributed by atoms with E-state index in [0.717, 1.165) is 0 Å². The van der Waals surface area contributed by atoms with Gasteiger partial charge in [-0.3, -0.25) is 19.4 Å². The monoisotopic (exact) mass is 511 g/mol. The van der Waals surface area contributed by atoms with E-state index in [1.165, 1.54) is 17.4 Å². The molecule has 4 atom stereocenters. The van der Waals surface area contributed by atoms with Crippen LogP contribution in [-0.4, -0.2) is 92.6 Å². The summed E-state index contributed by atoms with van der Waals surface area (Å²) in [6.07, 6.45) is 4.80. The highest BCUT2D eigenvalue weighted by Gasteiger charge is 2.37. The summed E-state index contributed by atoms with van der Waals surface area (Å²) in [5.41, 5.74) is 17.2. The van der Waals surface area contributed by atoms with Crippen molar-refractivity contribution in [2.45, 2.75) is 56.3 Å². The van der Waals surface area contributed by atoms with Crippen molar-refractivity contribution >= 4 is 42.3 Å². The van der Waals surface area contributed by atoms with Crippen molar-refractivity contribution in [3.05, 3.63) is 18.2 Å². The first-order chi connectivity index (χ1) is 16.6. The number of aromatic amines is 1. The van der Waals surface area contributed by atoms with Gasteiger partial charge in [0.2, 0.25) is 17.7 Å². The Morgan fingerprint density at radius 1 is 1.29 bits per heavy atom. The molecule has 10 N–H and O–H groups in total. The van der Waals surface area contributed by atoms with Gasteiger partial charge in [-0.1, -0.05) is 0 Å². The number of H-pyrrole nitrogens is 1. The maximum absolute atomic E-state index is 13.1. The molecule has 1 fully saturated rings. The average Bonchev–Trinajstić information content (AvgIpc) is 3.50. The van der Waals surface area contributed by atoms with Crippen molar-refractivity contribution in [2.75, 3.05) is 18.8 Å². The first-order valence-corrected chi connectivity index (χ1v) is 11.8. The zero-order valence-corrected chi connectivity index (χ0v) is 20.1. The van der Waals surface area contributed by atoms with Gasteiger partial charge in [-0.15, -0.1) is 0 Å². The number of rotatable bonds is 13. The molecule has 0 saturated carbocycles. The summed E-state index contributed by atoms with van der Waals surface area (Å²) in [5, 5.41) is 14.3. The Morgan fingerprint density at radius 2 is 2.03 bits per heavy atom. The second kappa shape index (κ2) is 13.5. The minimum absolute atomic E-state index is 0.0426. The fraction of sp³-hybridized carbons (Fsp3) is 0.600. The Bertz CT molecular complexity index is 907. The molecule has 1 aliphatic heterocycles. The Hall–Kier alpha value is -3.33. The van der Waals surface area contributed by atoms with Crippen LogP contribution < -0.4 is 27.8 Å². The minimum atomic E-state index is -1.25. The number of carboxylic acid groups (broad SMARTS) is 1. The van der Waals surface area contributed by atoms with Gasteiger partial charge in [-0.05, 0) is 25.7 Å². The zero-order valence-electron chi connectivity index (χ0n) is 19.2. The van der Waals surface area contributed by atoms with E-state index in [9.17, 15) is 24.3 Å². The SMILES string of the molecule is NC(N)=NCCCC(N)C(=O)N1CCCC1C(=O)NC(Cc1cnc[nH]1)C(=O)NC(CS)C(=O)O. The summed E-state index contributed by atoms with van der Waals surface area (Å²) in [6, 6.07) is -3.96. The molecule has 0 radical (unpaired) electrons. The van der Waals surface area contributed by atoms with Crippen LogP contribution in [0.5, 0.6) is 0 Å². The lowest BCUT2D eigenvalue weighted by Crippen LogP contribution is -2.57. The molecule has 35 heavy (non-hydrogen) atoms. The standard InChI is InChI=1S/C20H33N9O5S/c21-12(3-1-5-25-20(22)23)18(32)29-6-2-4-15(29)17(31)27-13(7-11-8-24-10-26-11)16(30)28-14(9-35)19(33)34/h8,10,12-15,35H,1-7,9,21H2,(H,24,26)(H,27,31)(H,28,30)(H,33,34)(H4,22,23,25). The van der Waals surface area contributed by atoms with Gasteiger partial charge in [0.25, 0.3) is 0 Å². The first kappa shape index (κ1) is 27.9. The van der Waals surface area contributed by atoms with E-state index in [4.69, 9.17) is 17.2 Å². The van der Waals surface area contributed by atoms with Gasteiger partial charge in [0.15, 0.2) is 5.96 Å². The van der Waals surface area contributed by atoms with E-state index < -0.39 is 42.0 Å². The fourth-order valence-corrected chi connectivity index (χ4v) is 3.96. The number of carbonyl (C=O) groups excluding carboxylic acids is 3. The Morgan fingerprint density at radius 3 is 2.63 bits per heavy atom. The van der Waals surface area contributed by atoms with E-state index in [1.807, 2.05) is 0 Å². The van der Waals surface area contributed by atoms with Crippen molar-refractivity contribution in [3.8, 4) is 0 Å². The number of nitrogens with one attached hydrogen (secondary N) is 3. The summed E-state index contributed by atoms with van der Waals surface area (Å²) in [7, 11) is 0. The molecular formula is C20H33N9O5S. The van der Waals surface area contributed by atoms with Crippen LogP contribution in [-0.2, 0) is 25.6 Å². The number of carbonyl (C=O) groups is 4. The molecule has 0 bridgehead atoms. The molecule has 3 amide bonds. The lowest BCUT2D eigenvalue weighted by Gasteiger charge is -2.28. The third kappa shape index (κ3) is 8.43. The molecule has 1 aromatic rings. The second-order valence-corrected chi connectivity index (χ2v) is 8.53. The maximum atomic E-state index is 13.1. The maximum Gasteiger partial charge on any atom is 0.327 e. The number of thiol groups is 1. The first-order valence-electron chi connectivity index (χ1n) is 11.2. The van der Waals surface area contributed by atoms with E-state index in [2.05, 4.69) is 38.2 Å². The van der Waals surface area contributed by atoms with Gasteiger partial charge in [0, 0.05) is 37.2 Å². The van der Waals surface area contributed by atoms with Gasteiger partial charge in [0.05, 0.1) is 12.4 Å². The molecule has 1 aliphatic rings. The molecule has 15 heteroatoms. The number of carboxylic acids is 1. The van der Waals surface area contributed by atoms with Gasteiger partial charge in [-0.2, -0.15) is 12.6 Å². The minimum Gasteiger partial charge on any atom is -0.480 e. The fourth-order valence-electron chi connectivity index (χ4n) is 3.71. The third-order valence-corrected chi connectivity index (χ3v) is 5.90. The van der Waals surface area contributed by atoms with Crippen LogP contribution in [0.2, 0.25) is 0 Å². The van der Waals surface area contributed by atoms with Crippen LogP contribution in [0, 0.1) is 0 Å². The largest absolute Gasteiger partial charge is 0.480 e. The Balaban J connectivity index is 2.06. The molecule has 4 unspecified atom stereocenters. The average molecular weight is 512 g/mol. The highest BCUT2D eigenvalue weighted by atomic mass is 32.1. The van der Waals surface area contributed by atoms with Crippen LogP contribution in [0.4, 0.5) is 0 Å². The molecule has 2 rings (SSSR count). The van der Waals surface area contributed by atoms with Crippen molar-refractivity contribution in [1.29, 1.82) is 0 Å². The topological polar surface area (TPSA) is 235 Å². The number of hydrogen-bond acceptors (Lipinski definition) is 8. The summed E-state index contributed by atoms with van der Waals surface area (Å²) < 4.78 is 0. The molecule has 2 heterocycles. The van der Waals surface area contributed by atoms with Crippen LogP contribution >= 0.6 is 12.6 Å². The molecule has 0 aromatic carbocycles. The van der Waals surface area contributed by atoms with Crippen molar-refractivity contribution < 1.29 is 24.3 Å². The number of nitrogens with zero attached hydrogens (tertiary/aromatic N) is 3.